The van der Waals surface area contributed by atoms with E-state index in [0.29, 0.717) is 0 Å². The molecule has 0 spiro atoms. The van der Waals surface area contributed by atoms with Crippen molar-refractivity contribution in [3.63, 3.8) is 0 Å². The molecule has 0 aliphatic carbocycles. The minimum absolute atomic E-state index is 0.195. The number of hydrogen-bond acceptors (Lipinski definition) is 3. The lowest BCUT2D eigenvalue weighted by molar-refractivity contribution is 0.0825. The van der Waals surface area contributed by atoms with Crippen molar-refractivity contribution in [1.29, 1.82) is 0 Å². The Kier molecular flexibility index (Phi) is 4.30. The second-order valence-electron chi connectivity index (χ2n) is 5.37. The van der Waals surface area contributed by atoms with Gasteiger partial charge in [0.05, 0.1) is 7.11 Å². The third kappa shape index (κ3) is 3.05. The SMILES string of the molecule is COc1ccc(Br)c(CN2CCNCC2(C)C)c1. The van der Waals surface area contributed by atoms with Crippen LogP contribution >= 0.6 is 15.9 Å². The Labute approximate surface area is 118 Å². The number of piperazine rings is 1. The van der Waals surface area contributed by atoms with Crippen molar-refractivity contribution in [2.45, 2.75) is 25.9 Å². The number of halogens is 1. The van der Waals surface area contributed by atoms with E-state index in [9.17, 15) is 0 Å². The molecular weight excluding hydrogens is 292 g/mol. The molecule has 0 amide bonds. The zero-order valence-electron chi connectivity index (χ0n) is 11.3. The predicted molar refractivity (Wildman–Crippen MR) is 78.1 cm³/mol. The van der Waals surface area contributed by atoms with Gasteiger partial charge in [-0.2, -0.15) is 0 Å². The van der Waals surface area contributed by atoms with Gasteiger partial charge < -0.3 is 10.1 Å². The highest BCUT2D eigenvalue weighted by Gasteiger charge is 2.29. The molecule has 0 unspecified atom stereocenters. The van der Waals surface area contributed by atoms with Gasteiger partial charge in [0.2, 0.25) is 0 Å². The van der Waals surface area contributed by atoms with Crippen molar-refractivity contribution in [2.75, 3.05) is 26.7 Å². The molecule has 0 aromatic heterocycles. The van der Waals surface area contributed by atoms with Gasteiger partial charge in [-0.3, -0.25) is 4.90 Å². The van der Waals surface area contributed by atoms with E-state index in [1.165, 1.54) is 5.56 Å². The van der Waals surface area contributed by atoms with Crippen LogP contribution in [0.25, 0.3) is 0 Å². The normalized spacial score (nSPS) is 19.8. The van der Waals surface area contributed by atoms with Crippen molar-refractivity contribution in [2.24, 2.45) is 0 Å². The molecule has 0 radical (unpaired) electrons. The van der Waals surface area contributed by atoms with Gasteiger partial charge in [0.1, 0.15) is 5.75 Å². The Morgan fingerprint density at radius 3 is 2.89 bits per heavy atom. The largest absolute Gasteiger partial charge is 0.497 e. The minimum Gasteiger partial charge on any atom is -0.497 e. The van der Waals surface area contributed by atoms with E-state index in [4.69, 9.17) is 4.74 Å². The van der Waals surface area contributed by atoms with E-state index in [0.717, 1.165) is 36.4 Å². The molecule has 0 bridgehead atoms. The summed E-state index contributed by atoms with van der Waals surface area (Å²) in [5.74, 6) is 0.918. The molecule has 1 N–H and O–H groups in total. The molecule has 1 fully saturated rings. The monoisotopic (exact) mass is 312 g/mol. The van der Waals surface area contributed by atoms with Crippen molar-refractivity contribution in [3.8, 4) is 5.75 Å². The zero-order valence-corrected chi connectivity index (χ0v) is 12.9. The van der Waals surface area contributed by atoms with Crippen LogP contribution in [0.4, 0.5) is 0 Å². The van der Waals surface area contributed by atoms with Crippen LogP contribution in [-0.4, -0.2) is 37.2 Å². The van der Waals surface area contributed by atoms with Crippen molar-refractivity contribution in [1.82, 2.24) is 10.2 Å². The molecule has 1 aromatic rings. The summed E-state index contributed by atoms with van der Waals surface area (Å²) in [6.45, 7) is 8.70. The highest BCUT2D eigenvalue weighted by molar-refractivity contribution is 9.10. The fourth-order valence-electron chi connectivity index (χ4n) is 2.32. The maximum atomic E-state index is 5.30. The van der Waals surface area contributed by atoms with Gasteiger partial charge in [0, 0.05) is 36.2 Å². The summed E-state index contributed by atoms with van der Waals surface area (Å²) in [5.41, 5.74) is 1.48. The van der Waals surface area contributed by atoms with E-state index < -0.39 is 0 Å². The number of methoxy groups -OCH3 is 1. The third-order valence-electron chi connectivity index (χ3n) is 3.59. The summed E-state index contributed by atoms with van der Waals surface area (Å²) in [7, 11) is 1.71. The highest BCUT2D eigenvalue weighted by atomic mass is 79.9. The van der Waals surface area contributed by atoms with Gasteiger partial charge >= 0.3 is 0 Å². The number of nitrogens with zero attached hydrogens (tertiary/aromatic N) is 1. The standard InChI is InChI=1S/C14H21BrN2O/c1-14(2)10-16-6-7-17(14)9-11-8-12(18-3)4-5-13(11)15/h4-5,8,16H,6-7,9-10H2,1-3H3. The first-order valence-electron chi connectivity index (χ1n) is 6.31. The lowest BCUT2D eigenvalue weighted by Crippen LogP contribution is -2.57. The molecule has 1 heterocycles. The molecular formula is C14H21BrN2O. The van der Waals surface area contributed by atoms with Crippen LogP contribution in [0.1, 0.15) is 19.4 Å². The Morgan fingerprint density at radius 2 is 2.22 bits per heavy atom. The van der Waals surface area contributed by atoms with E-state index in [2.05, 4.69) is 52.1 Å². The fraction of sp³-hybridized carbons (Fsp3) is 0.571. The van der Waals surface area contributed by atoms with Gasteiger partial charge in [-0.25, -0.2) is 0 Å². The highest BCUT2D eigenvalue weighted by Crippen LogP contribution is 2.27. The second-order valence-corrected chi connectivity index (χ2v) is 6.22. The van der Waals surface area contributed by atoms with Crippen molar-refractivity contribution < 1.29 is 4.74 Å². The molecule has 2 rings (SSSR count). The molecule has 0 saturated carbocycles. The average molecular weight is 313 g/mol. The van der Waals surface area contributed by atoms with Crippen LogP contribution in [0.2, 0.25) is 0 Å². The molecule has 1 aromatic carbocycles. The van der Waals surface area contributed by atoms with Crippen LogP contribution in [0, 0.1) is 0 Å². The quantitative estimate of drug-likeness (QED) is 0.928. The van der Waals surface area contributed by atoms with Crippen molar-refractivity contribution >= 4 is 15.9 Å². The Balaban J connectivity index is 2.17. The zero-order chi connectivity index (χ0) is 13.2. The Bertz CT molecular complexity index is 420. The van der Waals surface area contributed by atoms with E-state index in [1.54, 1.807) is 7.11 Å². The number of benzene rings is 1. The fourth-order valence-corrected chi connectivity index (χ4v) is 2.69. The maximum absolute atomic E-state index is 5.30. The summed E-state index contributed by atoms with van der Waals surface area (Å²) in [6, 6.07) is 6.15. The molecule has 1 saturated heterocycles. The molecule has 1 aliphatic rings. The Hall–Kier alpha value is -0.580. The summed E-state index contributed by atoms with van der Waals surface area (Å²) in [6.07, 6.45) is 0. The lowest BCUT2D eigenvalue weighted by atomic mass is 9.99. The number of hydrogen-bond donors (Lipinski definition) is 1. The molecule has 3 nitrogen and oxygen atoms in total. The van der Waals surface area contributed by atoms with Crippen LogP contribution < -0.4 is 10.1 Å². The summed E-state index contributed by atoms with van der Waals surface area (Å²) in [5, 5.41) is 3.45. The minimum atomic E-state index is 0.195. The average Bonchev–Trinajstić information content (AvgIpc) is 2.34. The third-order valence-corrected chi connectivity index (χ3v) is 4.36. The number of ether oxygens (including phenoxy) is 1. The van der Waals surface area contributed by atoms with Gasteiger partial charge in [0.25, 0.3) is 0 Å². The van der Waals surface area contributed by atoms with Crippen LogP contribution in [0.3, 0.4) is 0 Å². The smallest absolute Gasteiger partial charge is 0.119 e. The molecule has 4 heteroatoms. The maximum Gasteiger partial charge on any atom is 0.119 e. The van der Waals surface area contributed by atoms with Crippen LogP contribution in [0.5, 0.6) is 5.75 Å². The van der Waals surface area contributed by atoms with Gasteiger partial charge in [0.15, 0.2) is 0 Å². The first-order valence-corrected chi connectivity index (χ1v) is 7.10. The van der Waals surface area contributed by atoms with Crippen molar-refractivity contribution in [3.05, 3.63) is 28.2 Å². The van der Waals surface area contributed by atoms with Crippen LogP contribution in [0.15, 0.2) is 22.7 Å². The topological polar surface area (TPSA) is 24.5 Å². The van der Waals surface area contributed by atoms with E-state index in [1.807, 2.05) is 6.07 Å². The van der Waals surface area contributed by atoms with E-state index in [-0.39, 0.29) is 5.54 Å². The second kappa shape index (κ2) is 5.59. The van der Waals surface area contributed by atoms with Gasteiger partial charge in [-0.1, -0.05) is 15.9 Å². The number of nitrogens with one attached hydrogen (secondary N) is 1. The summed E-state index contributed by atoms with van der Waals surface area (Å²) >= 11 is 3.63. The first kappa shape index (κ1) is 13.8. The summed E-state index contributed by atoms with van der Waals surface area (Å²) < 4.78 is 6.45. The summed E-state index contributed by atoms with van der Waals surface area (Å²) in [4.78, 5) is 2.52. The first-order chi connectivity index (χ1) is 8.53. The van der Waals surface area contributed by atoms with Crippen LogP contribution in [-0.2, 0) is 6.54 Å². The molecule has 0 atom stereocenters. The predicted octanol–water partition coefficient (Wildman–Crippen LogP) is 2.64. The lowest BCUT2D eigenvalue weighted by Gasteiger charge is -2.43. The van der Waals surface area contributed by atoms with E-state index >= 15 is 0 Å². The Morgan fingerprint density at radius 1 is 1.44 bits per heavy atom. The van der Waals surface area contributed by atoms with Gasteiger partial charge in [-0.15, -0.1) is 0 Å². The molecule has 100 valence electrons. The molecule has 18 heavy (non-hydrogen) atoms. The number of rotatable bonds is 3. The molecule has 1 aliphatic heterocycles. The van der Waals surface area contributed by atoms with Gasteiger partial charge in [-0.05, 0) is 37.6 Å².